The van der Waals surface area contributed by atoms with Crippen molar-refractivity contribution in [3.8, 4) is 5.75 Å². The molecule has 168 valence electrons. The molecule has 1 aromatic heterocycles. The molecular weight excluding hydrogens is 406 g/mol. The normalized spacial score (nSPS) is 10.7. The van der Waals surface area contributed by atoms with Crippen LogP contribution in [-0.4, -0.2) is 35.2 Å². The number of fused-ring (bicyclic) bond motifs is 1. The zero-order chi connectivity index (χ0) is 22.6. The van der Waals surface area contributed by atoms with E-state index >= 15 is 0 Å². The number of aromatic nitrogens is 1. The summed E-state index contributed by atoms with van der Waals surface area (Å²) < 4.78 is 6.04. The van der Waals surface area contributed by atoms with Gasteiger partial charge in [0.25, 0.3) is 5.91 Å². The van der Waals surface area contributed by atoms with E-state index in [1.165, 1.54) is 5.56 Å². The first-order valence-corrected chi connectivity index (χ1v) is 10.9. The molecule has 0 fully saturated rings. The van der Waals surface area contributed by atoms with Crippen LogP contribution in [0.15, 0.2) is 60.7 Å². The van der Waals surface area contributed by atoms with Gasteiger partial charge in [0.15, 0.2) is 0 Å². The van der Waals surface area contributed by atoms with Crippen molar-refractivity contribution in [1.29, 1.82) is 0 Å². The zero-order valence-electron chi connectivity index (χ0n) is 18.0. The fourth-order valence-corrected chi connectivity index (χ4v) is 3.42. The van der Waals surface area contributed by atoms with Gasteiger partial charge in [0.05, 0.1) is 12.1 Å². The quantitative estimate of drug-likeness (QED) is 0.226. The van der Waals surface area contributed by atoms with E-state index < -0.39 is 0 Å². The summed E-state index contributed by atoms with van der Waals surface area (Å²) in [4.78, 5) is 28.1. The minimum absolute atomic E-state index is 0.233. The second kappa shape index (κ2) is 12.4. The van der Waals surface area contributed by atoms with Gasteiger partial charge >= 0.3 is 0 Å². The Labute approximate surface area is 187 Å². The number of amides is 2. The van der Waals surface area contributed by atoms with E-state index in [9.17, 15) is 9.59 Å². The van der Waals surface area contributed by atoms with Crippen molar-refractivity contribution in [2.24, 2.45) is 0 Å². The maximum atomic E-state index is 12.6. The number of hydrogen-bond donors (Lipinski definition) is 3. The second-order valence-corrected chi connectivity index (χ2v) is 7.56. The molecule has 2 aromatic carbocycles. The lowest BCUT2D eigenvalue weighted by Crippen LogP contribution is -2.25. The van der Waals surface area contributed by atoms with Gasteiger partial charge < -0.3 is 10.1 Å². The van der Waals surface area contributed by atoms with Gasteiger partial charge in [-0.15, -0.1) is 0 Å². The maximum Gasteiger partial charge on any atom is 0.270 e. The molecule has 0 saturated carbocycles. The molecule has 32 heavy (non-hydrogen) atoms. The Kier molecular flexibility index (Phi) is 9.01. The number of hydroxylamine groups is 1. The van der Waals surface area contributed by atoms with E-state index in [0.717, 1.165) is 36.6 Å². The molecule has 7 nitrogen and oxygen atoms in total. The lowest BCUT2D eigenvalue weighted by atomic mass is 10.1. The minimum Gasteiger partial charge on any atom is -0.492 e. The number of ether oxygens (including phenoxy) is 1. The Morgan fingerprint density at radius 3 is 2.50 bits per heavy atom. The first kappa shape index (κ1) is 23.2. The lowest BCUT2D eigenvalue weighted by Gasteiger charge is -2.12. The molecule has 3 aromatic rings. The van der Waals surface area contributed by atoms with Crippen LogP contribution in [-0.2, 0) is 11.2 Å². The van der Waals surface area contributed by atoms with Gasteiger partial charge in [0, 0.05) is 30.8 Å². The molecule has 0 atom stereocenters. The first-order chi connectivity index (χ1) is 15.7. The van der Waals surface area contributed by atoms with E-state index in [0.29, 0.717) is 37.4 Å². The summed E-state index contributed by atoms with van der Waals surface area (Å²) in [7, 11) is 0. The predicted molar refractivity (Wildman–Crippen MR) is 123 cm³/mol. The van der Waals surface area contributed by atoms with Gasteiger partial charge in [-0.25, -0.2) is 10.5 Å². The standard InChI is InChI=1S/C25H29N3O4/c29-24(28-31)14-6-1-2-9-16-26-25(30)22-18-23(20-12-7-8-13-21(20)27-22)32-17-15-19-10-4-3-5-11-19/h3-5,7-8,10-13,18,31H,1-2,6,9,14-17H2,(H,26,30)(H,28,29). The summed E-state index contributed by atoms with van der Waals surface area (Å²) in [6.45, 7) is 1.04. The maximum absolute atomic E-state index is 12.6. The number of carbonyl (C=O) groups is 2. The van der Waals surface area contributed by atoms with E-state index in [1.54, 1.807) is 11.5 Å². The fraction of sp³-hybridized carbons (Fsp3) is 0.320. The summed E-state index contributed by atoms with van der Waals surface area (Å²) >= 11 is 0. The average molecular weight is 436 g/mol. The molecular formula is C25H29N3O4. The topological polar surface area (TPSA) is 101 Å². The number of nitrogens with zero attached hydrogens (tertiary/aromatic N) is 1. The molecule has 0 aliphatic heterocycles. The van der Waals surface area contributed by atoms with E-state index in [-0.39, 0.29) is 11.8 Å². The molecule has 1 heterocycles. The third-order valence-corrected chi connectivity index (χ3v) is 5.14. The van der Waals surface area contributed by atoms with Crippen LogP contribution in [0.25, 0.3) is 10.9 Å². The van der Waals surface area contributed by atoms with Crippen LogP contribution in [0.5, 0.6) is 5.75 Å². The Balaban J connectivity index is 1.54. The number of nitrogens with one attached hydrogen (secondary N) is 2. The van der Waals surface area contributed by atoms with E-state index in [1.807, 2.05) is 42.5 Å². The van der Waals surface area contributed by atoms with Crippen LogP contribution in [0, 0.1) is 0 Å². The van der Waals surface area contributed by atoms with Crippen molar-refractivity contribution < 1.29 is 19.5 Å². The number of pyridine rings is 1. The van der Waals surface area contributed by atoms with E-state index in [4.69, 9.17) is 9.94 Å². The first-order valence-electron chi connectivity index (χ1n) is 10.9. The number of para-hydroxylation sites is 1. The molecule has 3 rings (SSSR count). The molecule has 0 saturated heterocycles. The molecule has 3 N–H and O–H groups in total. The molecule has 0 radical (unpaired) electrons. The van der Waals surface area contributed by atoms with Gasteiger partial charge in [0.2, 0.25) is 5.91 Å². The Morgan fingerprint density at radius 1 is 0.938 bits per heavy atom. The van der Waals surface area contributed by atoms with Crippen LogP contribution in [0.2, 0.25) is 0 Å². The third kappa shape index (κ3) is 7.06. The highest BCUT2D eigenvalue weighted by Gasteiger charge is 2.13. The number of unbranched alkanes of at least 4 members (excludes halogenated alkanes) is 3. The SMILES string of the molecule is O=C(CCCCCCNC(=O)c1cc(OCCc2ccccc2)c2ccccc2n1)NO. The summed E-state index contributed by atoms with van der Waals surface area (Å²) in [6.07, 6.45) is 4.33. The van der Waals surface area contributed by atoms with Crippen LogP contribution in [0.3, 0.4) is 0 Å². The fourth-order valence-electron chi connectivity index (χ4n) is 3.42. The monoisotopic (exact) mass is 435 g/mol. The van der Waals surface area contributed by atoms with E-state index in [2.05, 4.69) is 22.4 Å². The summed E-state index contributed by atoms with van der Waals surface area (Å²) in [5.74, 6) is 0.0460. The van der Waals surface area contributed by atoms with Crippen molar-refractivity contribution in [2.75, 3.05) is 13.2 Å². The number of benzene rings is 2. The Morgan fingerprint density at radius 2 is 1.69 bits per heavy atom. The van der Waals surface area contributed by atoms with Gasteiger partial charge in [0.1, 0.15) is 11.4 Å². The predicted octanol–water partition coefficient (Wildman–Crippen LogP) is 4.04. The van der Waals surface area contributed by atoms with Crippen LogP contribution in [0.1, 0.15) is 48.2 Å². The highest BCUT2D eigenvalue weighted by Crippen LogP contribution is 2.25. The molecule has 0 aliphatic carbocycles. The third-order valence-electron chi connectivity index (χ3n) is 5.14. The summed E-state index contributed by atoms with van der Waals surface area (Å²) in [6, 6.07) is 19.5. The van der Waals surface area contributed by atoms with Crippen LogP contribution < -0.4 is 15.5 Å². The van der Waals surface area contributed by atoms with Crippen molar-refractivity contribution in [3.63, 3.8) is 0 Å². The van der Waals surface area contributed by atoms with Gasteiger partial charge in [-0.05, 0) is 30.5 Å². The van der Waals surface area contributed by atoms with Crippen molar-refractivity contribution in [1.82, 2.24) is 15.8 Å². The summed E-state index contributed by atoms with van der Waals surface area (Å²) in [5, 5.41) is 12.3. The number of rotatable bonds is 12. The Bertz CT molecular complexity index is 1020. The highest BCUT2D eigenvalue weighted by atomic mass is 16.5. The smallest absolute Gasteiger partial charge is 0.270 e. The molecule has 0 spiro atoms. The number of carbonyl (C=O) groups excluding carboxylic acids is 2. The second-order valence-electron chi connectivity index (χ2n) is 7.56. The Hall–Kier alpha value is -3.45. The molecule has 0 bridgehead atoms. The number of hydrogen-bond acceptors (Lipinski definition) is 5. The average Bonchev–Trinajstić information content (AvgIpc) is 2.83. The molecule has 2 amide bonds. The molecule has 0 unspecified atom stereocenters. The highest BCUT2D eigenvalue weighted by molar-refractivity contribution is 5.97. The zero-order valence-corrected chi connectivity index (χ0v) is 18.0. The minimum atomic E-state index is -0.373. The van der Waals surface area contributed by atoms with Gasteiger partial charge in [-0.2, -0.15) is 0 Å². The van der Waals surface area contributed by atoms with Crippen LogP contribution in [0.4, 0.5) is 0 Å². The van der Waals surface area contributed by atoms with Crippen molar-refractivity contribution in [2.45, 2.75) is 38.5 Å². The molecule has 7 heteroatoms. The lowest BCUT2D eigenvalue weighted by molar-refractivity contribution is -0.129. The van der Waals surface area contributed by atoms with Crippen molar-refractivity contribution >= 4 is 22.7 Å². The molecule has 0 aliphatic rings. The van der Waals surface area contributed by atoms with Gasteiger partial charge in [-0.3, -0.25) is 14.8 Å². The largest absolute Gasteiger partial charge is 0.492 e. The van der Waals surface area contributed by atoms with Crippen LogP contribution >= 0.6 is 0 Å². The van der Waals surface area contributed by atoms with Crippen molar-refractivity contribution in [3.05, 3.63) is 71.9 Å². The van der Waals surface area contributed by atoms with Gasteiger partial charge in [-0.1, -0.05) is 55.3 Å². The summed E-state index contributed by atoms with van der Waals surface area (Å²) in [5.41, 5.74) is 3.87.